The zero-order valence-electron chi connectivity index (χ0n) is 11.0. The van der Waals surface area contributed by atoms with Gasteiger partial charge in [-0.05, 0) is 36.2 Å². The van der Waals surface area contributed by atoms with Crippen LogP contribution in [0.4, 0.5) is 11.4 Å². The van der Waals surface area contributed by atoms with Crippen molar-refractivity contribution in [1.29, 1.82) is 0 Å². The molecule has 0 radical (unpaired) electrons. The first-order valence-corrected chi connectivity index (χ1v) is 6.47. The number of carboxylic acid groups (broad SMARTS) is 1. The van der Waals surface area contributed by atoms with Crippen LogP contribution in [-0.2, 0) is 4.79 Å². The molecule has 0 heterocycles. The number of aliphatic hydroxyl groups excluding tert-OH is 1. The van der Waals surface area contributed by atoms with Crippen LogP contribution in [0.3, 0.4) is 0 Å². The van der Waals surface area contributed by atoms with E-state index in [4.69, 9.17) is 5.11 Å². The number of aliphatic hydroxyl groups is 1. The molecule has 104 valence electrons. The Hall–Kier alpha value is -2.33. The number of hydrogen-bond acceptors (Lipinski definition) is 3. The van der Waals surface area contributed by atoms with E-state index in [-0.39, 0.29) is 12.8 Å². The molecule has 1 atom stereocenters. The summed E-state index contributed by atoms with van der Waals surface area (Å²) in [5, 5.41) is 21.7. The molecule has 4 heteroatoms. The third kappa shape index (κ3) is 4.10. The quantitative estimate of drug-likeness (QED) is 0.753. The second-order valence-corrected chi connectivity index (χ2v) is 4.56. The summed E-state index contributed by atoms with van der Waals surface area (Å²) in [6, 6.07) is 17.1. The van der Waals surface area contributed by atoms with Gasteiger partial charge in [-0.3, -0.25) is 4.79 Å². The highest BCUT2D eigenvalue weighted by molar-refractivity contribution is 5.66. The van der Waals surface area contributed by atoms with Crippen LogP contribution in [0.15, 0.2) is 54.6 Å². The molecule has 3 N–H and O–H groups in total. The van der Waals surface area contributed by atoms with Gasteiger partial charge in [-0.2, -0.15) is 0 Å². The monoisotopic (exact) mass is 271 g/mol. The predicted molar refractivity (Wildman–Crippen MR) is 78.0 cm³/mol. The number of nitrogens with one attached hydrogen (secondary N) is 1. The zero-order chi connectivity index (χ0) is 14.4. The molecule has 2 aromatic carbocycles. The molecule has 0 saturated carbocycles. The third-order valence-electron chi connectivity index (χ3n) is 2.99. The minimum absolute atomic E-state index is 0.0365. The maximum absolute atomic E-state index is 10.5. The molecule has 0 aliphatic heterocycles. The van der Waals surface area contributed by atoms with Crippen molar-refractivity contribution in [3.8, 4) is 0 Å². The Labute approximate surface area is 117 Å². The first kappa shape index (κ1) is 14.1. The number of carbonyl (C=O) groups is 1. The highest BCUT2D eigenvalue weighted by atomic mass is 16.4. The average molecular weight is 271 g/mol. The maximum atomic E-state index is 10.5. The molecule has 0 fully saturated rings. The van der Waals surface area contributed by atoms with E-state index in [1.54, 1.807) is 12.1 Å². The molecule has 0 amide bonds. The maximum Gasteiger partial charge on any atom is 0.303 e. The summed E-state index contributed by atoms with van der Waals surface area (Å²) < 4.78 is 0. The van der Waals surface area contributed by atoms with Crippen molar-refractivity contribution < 1.29 is 15.0 Å². The lowest BCUT2D eigenvalue weighted by molar-refractivity contribution is -0.137. The molecule has 0 saturated heterocycles. The lowest BCUT2D eigenvalue weighted by Gasteiger charge is -2.11. The van der Waals surface area contributed by atoms with Crippen LogP contribution in [0.5, 0.6) is 0 Å². The molecular weight excluding hydrogens is 254 g/mol. The number of carboxylic acids is 1. The van der Waals surface area contributed by atoms with Gasteiger partial charge in [-0.25, -0.2) is 0 Å². The van der Waals surface area contributed by atoms with Crippen LogP contribution in [0.25, 0.3) is 0 Å². The molecule has 20 heavy (non-hydrogen) atoms. The second-order valence-electron chi connectivity index (χ2n) is 4.56. The number of benzene rings is 2. The first-order valence-electron chi connectivity index (χ1n) is 6.47. The standard InChI is InChI=1S/C16H17NO3/c18-15(10-11-16(19)20)12-6-8-14(9-7-12)17-13-4-2-1-3-5-13/h1-9,15,17-18H,10-11H2,(H,19,20). The molecule has 1 unspecified atom stereocenters. The van der Waals surface area contributed by atoms with Crippen molar-refractivity contribution in [1.82, 2.24) is 0 Å². The lowest BCUT2D eigenvalue weighted by Crippen LogP contribution is -2.02. The van der Waals surface area contributed by atoms with Crippen LogP contribution < -0.4 is 5.32 Å². The summed E-state index contributed by atoms with van der Waals surface area (Å²) in [6.45, 7) is 0. The first-order chi connectivity index (χ1) is 9.65. The molecule has 0 bridgehead atoms. The van der Waals surface area contributed by atoms with E-state index in [1.165, 1.54) is 0 Å². The predicted octanol–water partition coefficient (Wildman–Crippen LogP) is 3.33. The summed E-state index contributed by atoms with van der Waals surface area (Å²) in [7, 11) is 0. The molecule has 2 rings (SSSR count). The lowest BCUT2D eigenvalue weighted by atomic mass is 10.0. The number of para-hydroxylation sites is 1. The van der Waals surface area contributed by atoms with Gasteiger partial charge in [0.25, 0.3) is 0 Å². The van der Waals surface area contributed by atoms with Crippen LogP contribution in [-0.4, -0.2) is 16.2 Å². The van der Waals surface area contributed by atoms with Gasteiger partial charge in [0.2, 0.25) is 0 Å². The highest BCUT2D eigenvalue weighted by Gasteiger charge is 2.09. The van der Waals surface area contributed by atoms with E-state index in [1.807, 2.05) is 42.5 Å². The Kier molecular flexibility index (Phi) is 4.74. The van der Waals surface area contributed by atoms with Crippen molar-refractivity contribution in [3.05, 3.63) is 60.2 Å². The molecule has 0 aromatic heterocycles. The fourth-order valence-corrected chi connectivity index (χ4v) is 1.90. The van der Waals surface area contributed by atoms with Crippen LogP contribution >= 0.6 is 0 Å². The summed E-state index contributed by atoms with van der Waals surface area (Å²) in [4.78, 5) is 10.5. The van der Waals surface area contributed by atoms with Gasteiger partial charge in [-0.1, -0.05) is 30.3 Å². The number of anilines is 2. The van der Waals surface area contributed by atoms with E-state index >= 15 is 0 Å². The number of rotatable bonds is 6. The van der Waals surface area contributed by atoms with Crippen molar-refractivity contribution in [3.63, 3.8) is 0 Å². The molecule has 0 aliphatic carbocycles. The number of hydrogen-bond donors (Lipinski definition) is 3. The highest BCUT2D eigenvalue weighted by Crippen LogP contribution is 2.22. The van der Waals surface area contributed by atoms with E-state index in [9.17, 15) is 9.90 Å². The van der Waals surface area contributed by atoms with Crippen molar-refractivity contribution >= 4 is 17.3 Å². The molecule has 2 aromatic rings. The Morgan fingerprint density at radius 3 is 2.20 bits per heavy atom. The minimum atomic E-state index is -0.897. The van der Waals surface area contributed by atoms with E-state index in [2.05, 4.69) is 5.32 Å². The largest absolute Gasteiger partial charge is 0.481 e. The normalized spacial score (nSPS) is 11.8. The Balaban J connectivity index is 1.97. The van der Waals surface area contributed by atoms with Gasteiger partial charge in [0.1, 0.15) is 0 Å². The zero-order valence-corrected chi connectivity index (χ0v) is 11.0. The van der Waals surface area contributed by atoms with Crippen LogP contribution in [0.1, 0.15) is 24.5 Å². The van der Waals surface area contributed by atoms with E-state index < -0.39 is 12.1 Å². The summed E-state index contributed by atoms with van der Waals surface area (Å²) in [6.07, 6.45) is -0.553. The Morgan fingerprint density at radius 1 is 1.00 bits per heavy atom. The molecule has 0 spiro atoms. The molecular formula is C16H17NO3. The fourth-order valence-electron chi connectivity index (χ4n) is 1.90. The van der Waals surface area contributed by atoms with E-state index in [0.717, 1.165) is 16.9 Å². The average Bonchev–Trinajstić information content (AvgIpc) is 2.46. The summed E-state index contributed by atoms with van der Waals surface area (Å²) in [5.74, 6) is -0.897. The van der Waals surface area contributed by atoms with Gasteiger partial charge < -0.3 is 15.5 Å². The van der Waals surface area contributed by atoms with Crippen LogP contribution in [0.2, 0.25) is 0 Å². The van der Waals surface area contributed by atoms with Crippen molar-refractivity contribution in [2.24, 2.45) is 0 Å². The van der Waals surface area contributed by atoms with Crippen LogP contribution in [0, 0.1) is 0 Å². The smallest absolute Gasteiger partial charge is 0.303 e. The van der Waals surface area contributed by atoms with Gasteiger partial charge in [0.15, 0.2) is 0 Å². The second kappa shape index (κ2) is 6.73. The minimum Gasteiger partial charge on any atom is -0.481 e. The van der Waals surface area contributed by atoms with Gasteiger partial charge in [0.05, 0.1) is 6.10 Å². The third-order valence-corrected chi connectivity index (χ3v) is 2.99. The SMILES string of the molecule is O=C(O)CCC(O)c1ccc(Nc2ccccc2)cc1. The summed E-state index contributed by atoms with van der Waals surface area (Å²) >= 11 is 0. The topological polar surface area (TPSA) is 69.6 Å². The van der Waals surface area contributed by atoms with Gasteiger partial charge >= 0.3 is 5.97 Å². The molecule has 4 nitrogen and oxygen atoms in total. The Bertz CT molecular complexity index is 552. The fraction of sp³-hybridized carbons (Fsp3) is 0.188. The van der Waals surface area contributed by atoms with Gasteiger partial charge in [0, 0.05) is 17.8 Å². The molecule has 0 aliphatic rings. The number of aliphatic carboxylic acids is 1. The van der Waals surface area contributed by atoms with Crippen molar-refractivity contribution in [2.75, 3.05) is 5.32 Å². The Morgan fingerprint density at radius 2 is 1.60 bits per heavy atom. The van der Waals surface area contributed by atoms with E-state index in [0.29, 0.717) is 0 Å². The van der Waals surface area contributed by atoms with Crippen molar-refractivity contribution in [2.45, 2.75) is 18.9 Å². The van der Waals surface area contributed by atoms with Gasteiger partial charge in [-0.15, -0.1) is 0 Å². The summed E-state index contributed by atoms with van der Waals surface area (Å²) in [5.41, 5.74) is 2.64.